The molecule has 0 spiro atoms. The molecule has 0 aliphatic rings. The molecule has 0 N–H and O–H groups in total. The molecule has 184 valence electrons. The van der Waals surface area contributed by atoms with Crippen molar-refractivity contribution in [2.75, 3.05) is 14.2 Å². The lowest BCUT2D eigenvalue weighted by molar-refractivity contribution is -0.149. The van der Waals surface area contributed by atoms with E-state index in [-0.39, 0.29) is 36.0 Å². The fourth-order valence-corrected chi connectivity index (χ4v) is 3.35. The molecule has 34 heavy (non-hydrogen) atoms. The maximum Gasteiger partial charge on any atom is 0.313 e. The van der Waals surface area contributed by atoms with Gasteiger partial charge in [-0.25, -0.2) is 4.98 Å². The summed E-state index contributed by atoms with van der Waals surface area (Å²) in [7, 11) is 3.02. The molecule has 0 amide bonds. The highest BCUT2D eigenvalue weighted by molar-refractivity contribution is 5.99. The van der Waals surface area contributed by atoms with E-state index in [1.54, 1.807) is 21.0 Å². The van der Waals surface area contributed by atoms with Crippen LogP contribution >= 0.6 is 0 Å². The average Bonchev–Trinajstić information content (AvgIpc) is 2.81. The number of hydrogen-bond donors (Lipinski definition) is 0. The molecule has 2 rings (SSSR count). The SMILES string of the molecule is COc1ccc([C@H](C)[C@H](C)OC(=O)CCC(=O)c2nccc(OC)c2OC(=O)C(C)C)c(C)c1. The second-order valence-corrected chi connectivity index (χ2v) is 8.40. The van der Waals surface area contributed by atoms with Crippen molar-refractivity contribution >= 4 is 17.7 Å². The largest absolute Gasteiger partial charge is 0.497 e. The van der Waals surface area contributed by atoms with E-state index in [2.05, 4.69) is 4.98 Å². The number of ketones is 1. The van der Waals surface area contributed by atoms with Crippen LogP contribution in [0.2, 0.25) is 0 Å². The van der Waals surface area contributed by atoms with E-state index < -0.39 is 29.7 Å². The zero-order chi connectivity index (χ0) is 25.4. The van der Waals surface area contributed by atoms with Crippen molar-refractivity contribution in [2.24, 2.45) is 5.92 Å². The molecule has 0 saturated carbocycles. The monoisotopic (exact) mass is 471 g/mol. The number of rotatable bonds is 11. The summed E-state index contributed by atoms with van der Waals surface area (Å²) in [5.41, 5.74) is 2.03. The molecular formula is C26H33NO7. The molecule has 8 heteroatoms. The number of nitrogens with zero attached hydrogens (tertiary/aromatic N) is 1. The summed E-state index contributed by atoms with van der Waals surface area (Å²) in [6.07, 6.45) is 0.715. The van der Waals surface area contributed by atoms with E-state index in [1.165, 1.54) is 19.4 Å². The molecular weight excluding hydrogens is 438 g/mol. The molecule has 1 heterocycles. The van der Waals surface area contributed by atoms with E-state index in [1.807, 2.05) is 39.0 Å². The molecule has 8 nitrogen and oxygen atoms in total. The highest BCUT2D eigenvalue weighted by atomic mass is 16.6. The van der Waals surface area contributed by atoms with Crippen molar-refractivity contribution in [3.63, 3.8) is 0 Å². The van der Waals surface area contributed by atoms with Gasteiger partial charge in [0.1, 0.15) is 11.9 Å². The molecule has 0 unspecified atom stereocenters. The minimum absolute atomic E-state index is 0.0426. The maximum atomic E-state index is 12.8. The number of benzene rings is 1. The Hall–Kier alpha value is -3.42. The first kappa shape index (κ1) is 26.8. The number of ether oxygens (including phenoxy) is 4. The van der Waals surface area contributed by atoms with E-state index in [0.717, 1.165) is 16.9 Å². The molecule has 0 fully saturated rings. The lowest BCUT2D eigenvalue weighted by atomic mass is 9.92. The van der Waals surface area contributed by atoms with Crippen LogP contribution in [0.3, 0.4) is 0 Å². The van der Waals surface area contributed by atoms with Crippen LogP contribution in [0.5, 0.6) is 17.2 Å². The van der Waals surface area contributed by atoms with Crippen molar-refractivity contribution < 1.29 is 33.3 Å². The van der Waals surface area contributed by atoms with Crippen LogP contribution in [0.4, 0.5) is 0 Å². The summed E-state index contributed by atoms with van der Waals surface area (Å²) in [4.78, 5) is 41.4. The van der Waals surface area contributed by atoms with Crippen LogP contribution in [-0.4, -0.2) is 43.0 Å². The Morgan fingerprint density at radius 1 is 0.971 bits per heavy atom. The van der Waals surface area contributed by atoms with E-state index >= 15 is 0 Å². The lowest BCUT2D eigenvalue weighted by Crippen LogP contribution is -2.22. The lowest BCUT2D eigenvalue weighted by Gasteiger charge is -2.22. The first-order chi connectivity index (χ1) is 16.1. The number of aromatic nitrogens is 1. The molecule has 2 aromatic rings. The van der Waals surface area contributed by atoms with Gasteiger partial charge in [-0.3, -0.25) is 14.4 Å². The van der Waals surface area contributed by atoms with E-state index in [0.29, 0.717) is 0 Å². The summed E-state index contributed by atoms with van der Waals surface area (Å²) in [6.45, 7) is 9.14. The number of aryl methyl sites for hydroxylation is 1. The van der Waals surface area contributed by atoms with Crippen molar-refractivity contribution in [3.8, 4) is 17.2 Å². The van der Waals surface area contributed by atoms with Gasteiger partial charge < -0.3 is 18.9 Å². The van der Waals surface area contributed by atoms with Crippen LogP contribution < -0.4 is 14.2 Å². The number of methoxy groups -OCH3 is 2. The van der Waals surface area contributed by atoms with Crippen LogP contribution in [0.15, 0.2) is 30.5 Å². The highest BCUT2D eigenvalue weighted by Gasteiger charge is 2.25. The molecule has 0 aliphatic heterocycles. The first-order valence-electron chi connectivity index (χ1n) is 11.2. The minimum Gasteiger partial charge on any atom is -0.497 e. The third-order valence-electron chi connectivity index (χ3n) is 5.57. The third-order valence-corrected chi connectivity index (χ3v) is 5.57. The summed E-state index contributed by atoms with van der Waals surface area (Å²) in [6, 6.07) is 7.26. The number of carbonyl (C=O) groups is 3. The van der Waals surface area contributed by atoms with Crippen LogP contribution in [0.25, 0.3) is 0 Å². The van der Waals surface area contributed by atoms with Gasteiger partial charge in [0.25, 0.3) is 0 Å². The number of Topliss-reactive ketones (excluding diaryl/α,β-unsaturated/α-hetero) is 1. The average molecular weight is 472 g/mol. The second kappa shape index (κ2) is 12.2. The van der Waals surface area contributed by atoms with Crippen LogP contribution in [0.1, 0.15) is 68.1 Å². The summed E-state index contributed by atoms with van der Waals surface area (Å²) >= 11 is 0. The fraction of sp³-hybridized carbons (Fsp3) is 0.462. The third kappa shape index (κ3) is 6.79. The van der Waals surface area contributed by atoms with Crippen molar-refractivity contribution in [1.29, 1.82) is 0 Å². The Morgan fingerprint density at radius 2 is 1.68 bits per heavy atom. The normalized spacial score (nSPS) is 12.6. The Labute approximate surface area is 200 Å². The molecule has 1 aromatic carbocycles. The van der Waals surface area contributed by atoms with Crippen molar-refractivity contribution in [2.45, 2.75) is 59.5 Å². The predicted octanol–water partition coefficient (Wildman–Crippen LogP) is 4.67. The molecule has 1 aromatic heterocycles. The predicted molar refractivity (Wildman–Crippen MR) is 127 cm³/mol. The zero-order valence-electron chi connectivity index (χ0n) is 20.8. The highest BCUT2D eigenvalue weighted by Crippen LogP contribution is 2.32. The molecule has 0 bridgehead atoms. The fourth-order valence-electron chi connectivity index (χ4n) is 3.35. The van der Waals surface area contributed by atoms with Crippen molar-refractivity contribution in [3.05, 3.63) is 47.3 Å². The maximum absolute atomic E-state index is 12.8. The first-order valence-corrected chi connectivity index (χ1v) is 11.2. The van der Waals surface area contributed by atoms with Crippen molar-refractivity contribution in [1.82, 2.24) is 4.98 Å². The Morgan fingerprint density at radius 3 is 2.26 bits per heavy atom. The quantitative estimate of drug-likeness (QED) is 0.344. The van der Waals surface area contributed by atoms with Crippen LogP contribution in [-0.2, 0) is 14.3 Å². The smallest absolute Gasteiger partial charge is 0.313 e. The summed E-state index contributed by atoms with van der Waals surface area (Å²) in [5, 5.41) is 0. The van der Waals surface area contributed by atoms with E-state index in [9.17, 15) is 14.4 Å². The van der Waals surface area contributed by atoms with Gasteiger partial charge in [0.2, 0.25) is 5.75 Å². The van der Waals surface area contributed by atoms with Gasteiger partial charge in [-0.05, 0) is 37.1 Å². The summed E-state index contributed by atoms with van der Waals surface area (Å²) in [5.74, 6) is -0.978. The zero-order valence-corrected chi connectivity index (χ0v) is 20.8. The van der Waals surface area contributed by atoms with Gasteiger partial charge in [0.15, 0.2) is 17.2 Å². The topological polar surface area (TPSA) is 101 Å². The number of carbonyl (C=O) groups excluding carboxylic acids is 3. The van der Waals surface area contributed by atoms with Gasteiger partial charge in [0, 0.05) is 24.6 Å². The molecule has 0 saturated heterocycles. The van der Waals surface area contributed by atoms with Gasteiger partial charge in [-0.1, -0.05) is 26.8 Å². The second-order valence-electron chi connectivity index (χ2n) is 8.40. The molecule has 2 atom stereocenters. The Bertz CT molecular complexity index is 1030. The van der Waals surface area contributed by atoms with Crippen LogP contribution in [0, 0.1) is 12.8 Å². The van der Waals surface area contributed by atoms with Gasteiger partial charge >= 0.3 is 11.9 Å². The number of pyridine rings is 1. The number of esters is 2. The molecule has 0 radical (unpaired) electrons. The molecule has 0 aliphatic carbocycles. The van der Waals surface area contributed by atoms with Gasteiger partial charge in [0.05, 0.1) is 26.6 Å². The van der Waals surface area contributed by atoms with E-state index in [4.69, 9.17) is 18.9 Å². The van der Waals surface area contributed by atoms with Gasteiger partial charge in [-0.15, -0.1) is 0 Å². The Kier molecular flexibility index (Phi) is 9.59. The Balaban J connectivity index is 2.03. The van der Waals surface area contributed by atoms with Gasteiger partial charge in [-0.2, -0.15) is 0 Å². The number of hydrogen-bond acceptors (Lipinski definition) is 8. The minimum atomic E-state index is -0.517. The summed E-state index contributed by atoms with van der Waals surface area (Å²) < 4.78 is 21.4. The standard InChI is InChI=1S/C26H33NO7/c1-15(2)26(30)34-25-22(32-7)12-13-27-24(25)21(28)10-11-23(29)33-18(5)17(4)20-9-8-19(31-6)14-16(20)3/h8-9,12-15,17-18H,10-11H2,1-7H3/t17-,18+/m1/s1.